The molecule has 0 saturated heterocycles. The first-order valence-electron chi connectivity index (χ1n) is 10.2. The molecule has 0 fully saturated rings. The van der Waals surface area contributed by atoms with Crippen LogP contribution in [0.25, 0.3) is 0 Å². The molecule has 0 aliphatic heterocycles. The molecule has 0 radical (unpaired) electrons. The molecular formula is C25H24ClN3O3. The van der Waals surface area contributed by atoms with Crippen LogP contribution < -0.4 is 16.0 Å². The van der Waals surface area contributed by atoms with Crippen LogP contribution in [0.15, 0.2) is 84.9 Å². The molecular weight excluding hydrogens is 426 g/mol. The number of hydrogen-bond acceptors (Lipinski definition) is 3. The fourth-order valence-corrected chi connectivity index (χ4v) is 3.37. The van der Waals surface area contributed by atoms with E-state index in [9.17, 15) is 14.4 Å². The Balaban J connectivity index is 1.55. The first kappa shape index (κ1) is 23.0. The van der Waals surface area contributed by atoms with Gasteiger partial charge in [0.15, 0.2) is 0 Å². The Morgan fingerprint density at radius 3 is 2.00 bits per heavy atom. The standard InChI is InChI=1S/C25H24ClN3O3/c26-21-14-8-7-13-20(21)25(32)29-22(18-9-3-1-4-10-18)17-23(30)27-15-16-28-24(31)19-11-5-2-6-12-19/h1-14,22H,15-17H2,(H,27,30)(H,28,31)(H,29,32)/t22-/m1/s1. The van der Waals surface area contributed by atoms with Crippen molar-refractivity contribution in [2.75, 3.05) is 13.1 Å². The van der Waals surface area contributed by atoms with Crippen LogP contribution in [0.1, 0.15) is 38.7 Å². The Hall–Kier alpha value is -3.64. The van der Waals surface area contributed by atoms with Crippen molar-refractivity contribution < 1.29 is 14.4 Å². The molecule has 0 unspecified atom stereocenters. The number of hydrogen-bond donors (Lipinski definition) is 3. The molecule has 3 aromatic rings. The van der Waals surface area contributed by atoms with E-state index in [4.69, 9.17) is 11.6 Å². The van der Waals surface area contributed by atoms with Gasteiger partial charge in [-0.15, -0.1) is 0 Å². The zero-order valence-corrected chi connectivity index (χ0v) is 18.1. The van der Waals surface area contributed by atoms with Crippen molar-refractivity contribution >= 4 is 29.3 Å². The second kappa shape index (κ2) is 11.7. The van der Waals surface area contributed by atoms with Gasteiger partial charge in [0.1, 0.15) is 0 Å². The van der Waals surface area contributed by atoms with Gasteiger partial charge in [-0.3, -0.25) is 14.4 Å². The summed E-state index contributed by atoms with van der Waals surface area (Å²) in [7, 11) is 0. The SMILES string of the molecule is O=C(C[C@@H](NC(=O)c1ccccc1Cl)c1ccccc1)NCCNC(=O)c1ccccc1. The Labute approximate surface area is 192 Å². The minimum Gasteiger partial charge on any atom is -0.354 e. The topological polar surface area (TPSA) is 87.3 Å². The maximum atomic E-state index is 12.7. The molecule has 3 aromatic carbocycles. The first-order chi connectivity index (χ1) is 15.5. The van der Waals surface area contributed by atoms with E-state index in [1.807, 2.05) is 36.4 Å². The van der Waals surface area contributed by atoms with Gasteiger partial charge in [0, 0.05) is 18.7 Å². The summed E-state index contributed by atoms with van der Waals surface area (Å²) in [6, 6.07) is 24.4. The highest BCUT2D eigenvalue weighted by atomic mass is 35.5. The third-order valence-corrected chi connectivity index (χ3v) is 5.11. The molecule has 32 heavy (non-hydrogen) atoms. The Bertz CT molecular complexity index is 1060. The van der Waals surface area contributed by atoms with Crippen LogP contribution in [-0.2, 0) is 4.79 Å². The van der Waals surface area contributed by atoms with Crippen LogP contribution in [0.5, 0.6) is 0 Å². The monoisotopic (exact) mass is 449 g/mol. The molecule has 0 aliphatic carbocycles. The molecule has 0 heterocycles. The van der Waals surface area contributed by atoms with Gasteiger partial charge in [-0.05, 0) is 29.8 Å². The van der Waals surface area contributed by atoms with E-state index in [1.54, 1.807) is 48.5 Å². The van der Waals surface area contributed by atoms with Gasteiger partial charge in [0.25, 0.3) is 11.8 Å². The summed E-state index contributed by atoms with van der Waals surface area (Å²) in [6.07, 6.45) is 0.0485. The van der Waals surface area contributed by atoms with E-state index >= 15 is 0 Å². The van der Waals surface area contributed by atoms with Crippen molar-refractivity contribution in [3.05, 3.63) is 107 Å². The first-order valence-corrected chi connectivity index (χ1v) is 10.6. The third kappa shape index (κ3) is 6.68. The van der Waals surface area contributed by atoms with E-state index in [0.717, 1.165) is 5.56 Å². The minimum absolute atomic E-state index is 0.0485. The largest absolute Gasteiger partial charge is 0.354 e. The number of carbonyl (C=O) groups is 3. The van der Waals surface area contributed by atoms with Gasteiger partial charge in [-0.2, -0.15) is 0 Å². The highest BCUT2D eigenvalue weighted by Gasteiger charge is 2.20. The lowest BCUT2D eigenvalue weighted by molar-refractivity contribution is -0.121. The van der Waals surface area contributed by atoms with Crippen LogP contribution in [0.4, 0.5) is 0 Å². The second-order valence-electron chi connectivity index (χ2n) is 7.09. The molecule has 1 atom stereocenters. The number of benzene rings is 3. The molecule has 164 valence electrons. The maximum absolute atomic E-state index is 12.7. The summed E-state index contributed by atoms with van der Waals surface area (Å²) in [4.78, 5) is 37.3. The van der Waals surface area contributed by atoms with E-state index in [1.165, 1.54) is 0 Å². The van der Waals surface area contributed by atoms with Crippen molar-refractivity contribution in [3.63, 3.8) is 0 Å². The summed E-state index contributed by atoms with van der Waals surface area (Å²) in [5.41, 5.74) is 1.71. The van der Waals surface area contributed by atoms with E-state index < -0.39 is 6.04 Å². The van der Waals surface area contributed by atoms with Gasteiger partial charge < -0.3 is 16.0 Å². The number of rotatable bonds is 9. The van der Waals surface area contributed by atoms with Gasteiger partial charge >= 0.3 is 0 Å². The average molecular weight is 450 g/mol. The lowest BCUT2D eigenvalue weighted by atomic mass is 10.0. The van der Waals surface area contributed by atoms with E-state index in [0.29, 0.717) is 22.7 Å². The lowest BCUT2D eigenvalue weighted by Gasteiger charge is -2.19. The van der Waals surface area contributed by atoms with E-state index in [-0.39, 0.29) is 30.7 Å². The molecule has 0 saturated carbocycles. The highest BCUT2D eigenvalue weighted by molar-refractivity contribution is 6.33. The lowest BCUT2D eigenvalue weighted by Crippen LogP contribution is -2.37. The summed E-state index contributed by atoms with van der Waals surface area (Å²) in [5.74, 6) is -0.798. The number of carbonyl (C=O) groups excluding carboxylic acids is 3. The van der Waals surface area contributed by atoms with Crippen LogP contribution in [0.3, 0.4) is 0 Å². The molecule has 0 aromatic heterocycles. The van der Waals surface area contributed by atoms with E-state index in [2.05, 4.69) is 16.0 Å². The molecule has 7 heteroatoms. The van der Waals surface area contributed by atoms with Gasteiger partial charge in [-0.1, -0.05) is 72.3 Å². The molecule has 3 N–H and O–H groups in total. The fraction of sp³-hybridized carbons (Fsp3) is 0.160. The van der Waals surface area contributed by atoms with Crippen molar-refractivity contribution in [2.24, 2.45) is 0 Å². The molecule has 3 amide bonds. The van der Waals surface area contributed by atoms with Crippen LogP contribution >= 0.6 is 11.6 Å². The normalized spacial score (nSPS) is 11.3. The molecule has 3 rings (SSSR count). The summed E-state index contributed by atoms with van der Waals surface area (Å²) < 4.78 is 0. The number of halogens is 1. The number of nitrogens with one attached hydrogen (secondary N) is 3. The predicted molar refractivity (Wildman–Crippen MR) is 125 cm³/mol. The molecule has 0 spiro atoms. The van der Waals surface area contributed by atoms with Crippen molar-refractivity contribution in [2.45, 2.75) is 12.5 Å². The summed E-state index contributed by atoms with van der Waals surface area (Å²) in [6.45, 7) is 0.568. The maximum Gasteiger partial charge on any atom is 0.253 e. The molecule has 0 aliphatic rings. The van der Waals surface area contributed by atoms with Crippen LogP contribution in [-0.4, -0.2) is 30.8 Å². The predicted octanol–water partition coefficient (Wildman–Crippen LogP) is 3.75. The second-order valence-corrected chi connectivity index (χ2v) is 7.50. The van der Waals surface area contributed by atoms with Crippen molar-refractivity contribution in [1.82, 2.24) is 16.0 Å². The van der Waals surface area contributed by atoms with Crippen LogP contribution in [0, 0.1) is 0 Å². The Morgan fingerprint density at radius 1 is 0.719 bits per heavy atom. The fourth-order valence-electron chi connectivity index (χ4n) is 3.15. The average Bonchev–Trinajstić information content (AvgIpc) is 2.82. The van der Waals surface area contributed by atoms with Crippen LogP contribution in [0.2, 0.25) is 5.02 Å². The van der Waals surface area contributed by atoms with Gasteiger partial charge in [0.05, 0.1) is 23.0 Å². The molecule has 6 nitrogen and oxygen atoms in total. The zero-order chi connectivity index (χ0) is 22.8. The van der Waals surface area contributed by atoms with Gasteiger partial charge in [0.2, 0.25) is 5.91 Å². The Morgan fingerprint density at radius 2 is 1.31 bits per heavy atom. The minimum atomic E-state index is -0.529. The van der Waals surface area contributed by atoms with Crippen molar-refractivity contribution in [3.8, 4) is 0 Å². The zero-order valence-electron chi connectivity index (χ0n) is 17.4. The quantitative estimate of drug-likeness (QED) is 0.435. The van der Waals surface area contributed by atoms with Crippen molar-refractivity contribution in [1.29, 1.82) is 0 Å². The third-order valence-electron chi connectivity index (χ3n) is 4.78. The molecule has 0 bridgehead atoms. The Kier molecular flexibility index (Phi) is 8.40. The summed E-state index contributed by atoms with van der Waals surface area (Å²) in [5, 5.41) is 8.78. The number of amides is 3. The van der Waals surface area contributed by atoms with Gasteiger partial charge in [-0.25, -0.2) is 0 Å². The smallest absolute Gasteiger partial charge is 0.253 e. The summed E-state index contributed by atoms with van der Waals surface area (Å²) >= 11 is 6.13. The highest BCUT2D eigenvalue weighted by Crippen LogP contribution is 2.20.